The first-order valence-corrected chi connectivity index (χ1v) is 8.19. The Labute approximate surface area is 133 Å². The van der Waals surface area contributed by atoms with Crippen LogP contribution in [0.5, 0.6) is 0 Å². The summed E-state index contributed by atoms with van der Waals surface area (Å²) in [5, 5.41) is 5.17. The van der Waals surface area contributed by atoms with E-state index in [2.05, 4.69) is 10.1 Å². The molecule has 0 saturated carbocycles. The second-order valence-corrected chi connectivity index (χ2v) is 6.94. The van der Waals surface area contributed by atoms with Gasteiger partial charge in [0, 0.05) is 16.3 Å². The van der Waals surface area contributed by atoms with Gasteiger partial charge in [-0.1, -0.05) is 17.7 Å². The average Bonchev–Trinajstić information content (AvgIpc) is 3.04. The summed E-state index contributed by atoms with van der Waals surface area (Å²) in [7, 11) is 0. The summed E-state index contributed by atoms with van der Waals surface area (Å²) >= 11 is 8.98. The van der Waals surface area contributed by atoms with Crippen molar-refractivity contribution in [1.29, 1.82) is 0 Å². The maximum atomic E-state index is 12.0. The monoisotopic (exact) mass is 355 g/mol. The van der Waals surface area contributed by atoms with Gasteiger partial charge in [0.1, 0.15) is 6.61 Å². The highest BCUT2D eigenvalue weighted by Crippen LogP contribution is 2.32. The van der Waals surface area contributed by atoms with E-state index < -0.39 is 12.8 Å². The third-order valence-corrected chi connectivity index (χ3v) is 4.80. The van der Waals surface area contributed by atoms with E-state index in [1.807, 2.05) is 29.6 Å². The molecule has 1 N–H and O–H groups in total. The van der Waals surface area contributed by atoms with Crippen molar-refractivity contribution >= 4 is 34.3 Å². The minimum atomic E-state index is -4.28. The molecule has 2 aromatic heterocycles. The fourth-order valence-electron chi connectivity index (χ4n) is 1.74. The lowest BCUT2D eigenvalue weighted by molar-refractivity contribution is -0.173. The number of halogens is 4. The number of thiophene rings is 2. The predicted octanol–water partition coefficient (Wildman–Crippen LogP) is 4.72. The van der Waals surface area contributed by atoms with E-state index in [0.29, 0.717) is 10.9 Å². The molecule has 2 nitrogen and oxygen atoms in total. The zero-order valence-electron chi connectivity index (χ0n) is 10.8. The van der Waals surface area contributed by atoms with Crippen molar-refractivity contribution in [2.75, 3.05) is 19.8 Å². The normalized spacial score (nSPS) is 13.5. The first-order valence-electron chi connectivity index (χ1n) is 6.12. The van der Waals surface area contributed by atoms with Gasteiger partial charge in [-0.2, -0.15) is 13.2 Å². The number of alkyl halides is 3. The topological polar surface area (TPSA) is 21.3 Å². The van der Waals surface area contributed by atoms with Crippen LogP contribution in [0.1, 0.15) is 15.8 Å². The second kappa shape index (κ2) is 7.60. The van der Waals surface area contributed by atoms with Gasteiger partial charge in [-0.15, -0.1) is 22.7 Å². The van der Waals surface area contributed by atoms with Crippen LogP contribution in [0.25, 0.3) is 0 Å². The molecule has 0 aliphatic heterocycles. The number of hydrogen-bond acceptors (Lipinski definition) is 4. The number of nitrogens with one attached hydrogen (secondary N) is 1. The Balaban J connectivity index is 1.89. The fourth-order valence-corrected chi connectivity index (χ4v) is 3.79. The molecule has 2 heterocycles. The maximum absolute atomic E-state index is 12.0. The molecule has 116 valence electrons. The first kappa shape index (κ1) is 16.8. The Morgan fingerprint density at radius 2 is 2.05 bits per heavy atom. The Morgan fingerprint density at radius 3 is 2.62 bits per heavy atom. The Kier molecular flexibility index (Phi) is 6.07. The highest BCUT2D eigenvalue weighted by molar-refractivity contribution is 7.16. The zero-order chi connectivity index (χ0) is 15.3. The molecule has 0 aliphatic rings. The van der Waals surface area contributed by atoms with E-state index in [4.69, 9.17) is 11.6 Å². The van der Waals surface area contributed by atoms with Crippen LogP contribution in [-0.2, 0) is 4.74 Å². The highest BCUT2D eigenvalue weighted by Gasteiger charge is 2.27. The number of ether oxygens (including phenoxy) is 1. The van der Waals surface area contributed by atoms with Gasteiger partial charge in [-0.3, -0.25) is 0 Å². The van der Waals surface area contributed by atoms with Crippen LogP contribution in [0.4, 0.5) is 13.2 Å². The first-order chi connectivity index (χ1) is 9.96. The van der Waals surface area contributed by atoms with Crippen LogP contribution in [-0.4, -0.2) is 25.9 Å². The molecule has 8 heteroatoms. The molecule has 1 atom stereocenters. The predicted molar refractivity (Wildman–Crippen MR) is 80.4 cm³/mol. The molecule has 21 heavy (non-hydrogen) atoms. The SMILES string of the molecule is FC(F)(F)COCCNC(c1cccs1)c1ccc(Cl)s1. The minimum Gasteiger partial charge on any atom is -0.371 e. The zero-order valence-corrected chi connectivity index (χ0v) is 13.2. The van der Waals surface area contributed by atoms with Crippen molar-refractivity contribution in [2.45, 2.75) is 12.2 Å². The van der Waals surface area contributed by atoms with Crippen LogP contribution >= 0.6 is 34.3 Å². The van der Waals surface area contributed by atoms with Gasteiger partial charge in [0.05, 0.1) is 17.0 Å². The fraction of sp³-hybridized carbons (Fsp3) is 0.385. The molecule has 0 amide bonds. The summed E-state index contributed by atoms with van der Waals surface area (Å²) in [5.74, 6) is 0. The summed E-state index contributed by atoms with van der Waals surface area (Å²) in [6.07, 6.45) is -4.28. The standard InChI is InChI=1S/C13H13ClF3NOS2/c14-11-4-3-10(21-11)12(9-2-1-7-20-9)18-5-6-19-8-13(15,16)17/h1-4,7,12,18H,5-6,8H2. The summed E-state index contributed by atoms with van der Waals surface area (Å²) in [6, 6.07) is 7.57. The van der Waals surface area contributed by atoms with E-state index >= 15 is 0 Å². The lowest BCUT2D eigenvalue weighted by Gasteiger charge is -2.16. The molecule has 0 aliphatic carbocycles. The largest absolute Gasteiger partial charge is 0.411 e. The van der Waals surface area contributed by atoms with Gasteiger partial charge in [-0.25, -0.2) is 0 Å². The molecule has 0 aromatic carbocycles. The van der Waals surface area contributed by atoms with Crippen molar-refractivity contribution in [1.82, 2.24) is 5.32 Å². The molecule has 0 radical (unpaired) electrons. The molecule has 0 fully saturated rings. The molecule has 2 aromatic rings. The molecule has 1 unspecified atom stereocenters. The second-order valence-electron chi connectivity index (χ2n) is 4.21. The average molecular weight is 356 g/mol. The minimum absolute atomic E-state index is 0.000489. The van der Waals surface area contributed by atoms with E-state index in [0.717, 1.165) is 9.75 Å². The Hall–Kier alpha value is -0.600. The number of rotatable bonds is 7. The van der Waals surface area contributed by atoms with E-state index in [9.17, 15) is 13.2 Å². The lowest BCUT2D eigenvalue weighted by Crippen LogP contribution is -2.27. The van der Waals surface area contributed by atoms with Crippen LogP contribution in [0.15, 0.2) is 29.6 Å². The molecule has 0 saturated heterocycles. The number of hydrogen-bond donors (Lipinski definition) is 1. The van der Waals surface area contributed by atoms with E-state index in [1.165, 1.54) is 11.3 Å². The molecular weight excluding hydrogens is 343 g/mol. The van der Waals surface area contributed by atoms with Gasteiger partial charge in [0.15, 0.2) is 0 Å². The van der Waals surface area contributed by atoms with Crippen LogP contribution in [0.3, 0.4) is 0 Å². The van der Waals surface area contributed by atoms with Gasteiger partial charge in [0.2, 0.25) is 0 Å². The summed E-state index contributed by atoms with van der Waals surface area (Å²) < 4.78 is 41.2. The van der Waals surface area contributed by atoms with Gasteiger partial charge in [-0.05, 0) is 23.6 Å². The van der Waals surface area contributed by atoms with Gasteiger partial charge >= 0.3 is 6.18 Å². The Bertz CT molecular complexity index is 542. The van der Waals surface area contributed by atoms with Gasteiger partial charge in [0.25, 0.3) is 0 Å². The summed E-state index contributed by atoms with van der Waals surface area (Å²) in [5.41, 5.74) is 0. The van der Waals surface area contributed by atoms with E-state index in [1.54, 1.807) is 11.3 Å². The third-order valence-electron chi connectivity index (χ3n) is 2.57. The third kappa shape index (κ3) is 5.60. The molecule has 0 bridgehead atoms. The molecule has 2 rings (SSSR count). The Morgan fingerprint density at radius 1 is 1.24 bits per heavy atom. The van der Waals surface area contributed by atoms with Crippen molar-refractivity contribution < 1.29 is 17.9 Å². The van der Waals surface area contributed by atoms with Crippen molar-refractivity contribution in [3.63, 3.8) is 0 Å². The van der Waals surface area contributed by atoms with Crippen LogP contribution in [0, 0.1) is 0 Å². The summed E-state index contributed by atoms with van der Waals surface area (Å²) in [4.78, 5) is 2.11. The van der Waals surface area contributed by atoms with Crippen LogP contribution in [0.2, 0.25) is 4.34 Å². The van der Waals surface area contributed by atoms with Crippen molar-refractivity contribution in [3.8, 4) is 0 Å². The van der Waals surface area contributed by atoms with E-state index in [-0.39, 0.29) is 12.6 Å². The van der Waals surface area contributed by atoms with Gasteiger partial charge < -0.3 is 10.1 Å². The van der Waals surface area contributed by atoms with Crippen LogP contribution < -0.4 is 5.32 Å². The smallest absolute Gasteiger partial charge is 0.371 e. The lowest BCUT2D eigenvalue weighted by atomic mass is 10.2. The van der Waals surface area contributed by atoms with Crippen molar-refractivity contribution in [2.24, 2.45) is 0 Å². The molecular formula is C13H13ClF3NOS2. The molecule has 0 spiro atoms. The maximum Gasteiger partial charge on any atom is 0.411 e. The van der Waals surface area contributed by atoms with Crippen molar-refractivity contribution in [3.05, 3.63) is 43.7 Å². The quantitative estimate of drug-likeness (QED) is 0.725. The summed E-state index contributed by atoms with van der Waals surface area (Å²) in [6.45, 7) is -0.891. The highest BCUT2D eigenvalue weighted by atomic mass is 35.5.